The molecule has 10 heteroatoms. The van der Waals surface area contributed by atoms with Gasteiger partial charge < -0.3 is 25.2 Å². The topological polar surface area (TPSA) is 104 Å². The lowest BCUT2D eigenvalue weighted by molar-refractivity contribution is -0.139. The number of nitrogens with zero attached hydrogens (tertiary/aromatic N) is 3. The van der Waals surface area contributed by atoms with Crippen molar-refractivity contribution in [3.05, 3.63) is 59.2 Å². The number of piperidine rings is 1. The third kappa shape index (κ3) is 6.21. The number of nitrogens with one attached hydrogen (secondary N) is 2. The summed E-state index contributed by atoms with van der Waals surface area (Å²) in [6.45, 7) is 7.38. The molecule has 0 bridgehead atoms. The van der Waals surface area contributed by atoms with Crippen molar-refractivity contribution in [2.24, 2.45) is 0 Å². The molecule has 1 saturated heterocycles. The van der Waals surface area contributed by atoms with Crippen LogP contribution in [0.1, 0.15) is 82.0 Å². The number of benzene rings is 1. The number of hydrogen-bond acceptors (Lipinski definition) is 5. The molecule has 2 aromatic rings. The Hall–Kier alpha value is -3.69. The van der Waals surface area contributed by atoms with Crippen molar-refractivity contribution in [1.29, 1.82) is 0 Å². The maximum Gasteiger partial charge on any atom is 0.408 e. The first-order chi connectivity index (χ1) is 19.0. The van der Waals surface area contributed by atoms with Crippen LogP contribution in [0.15, 0.2) is 36.5 Å². The van der Waals surface area contributed by atoms with Crippen LogP contribution in [0.25, 0.3) is 0 Å². The van der Waals surface area contributed by atoms with E-state index in [1.807, 2.05) is 49.9 Å². The maximum absolute atomic E-state index is 13.6. The molecular weight excluding hydrogens is 513 g/mol. The summed E-state index contributed by atoms with van der Waals surface area (Å²) in [4.78, 5) is 46.5. The molecule has 1 aromatic heterocycles. The van der Waals surface area contributed by atoms with Gasteiger partial charge in [0.2, 0.25) is 5.91 Å². The molecular formula is C30H38FN5O4. The van der Waals surface area contributed by atoms with E-state index in [-0.39, 0.29) is 11.9 Å². The average Bonchev–Trinajstić information content (AvgIpc) is 3.55. The quantitative estimate of drug-likeness (QED) is 0.536. The highest BCUT2D eigenvalue weighted by Crippen LogP contribution is 2.35. The van der Waals surface area contributed by atoms with Gasteiger partial charge in [-0.25, -0.2) is 14.0 Å². The van der Waals surface area contributed by atoms with Gasteiger partial charge in [0.1, 0.15) is 17.0 Å². The Bertz CT molecular complexity index is 1260. The Morgan fingerprint density at radius 3 is 2.35 bits per heavy atom. The monoisotopic (exact) mass is 551 g/mol. The number of amides is 4. The van der Waals surface area contributed by atoms with Gasteiger partial charge in [0.15, 0.2) is 0 Å². The van der Waals surface area contributed by atoms with Crippen molar-refractivity contribution in [1.82, 2.24) is 20.1 Å². The number of ether oxygens (including phenoxy) is 1. The van der Waals surface area contributed by atoms with E-state index in [0.29, 0.717) is 50.6 Å². The number of hydrogen-bond donors (Lipinski definition) is 2. The summed E-state index contributed by atoms with van der Waals surface area (Å²) >= 11 is 0. The van der Waals surface area contributed by atoms with Gasteiger partial charge >= 0.3 is 12.1 Å². The van der Waals surface area contributed by atoms with E-state index in [0.717, 1.165) is 36.9 Å². The Labute approximate surface area is 234 Å². The van der Waals surface area contributed by atoms with Crippen molar-refractivity contribution >= 4 is 23.7 Å². The lowest BCUT2D eigenvalue weighted by Gasteiger charge is -2.39. The first-order valence-corrected chi connectivity index (χ1v) is 14.1. The molecule has 0 spiro atoms. The number of rotatable bonds is 4. The predicted molar refractivity (Wildman–Crippen MR) is 148 cm³/mol. The van der Waals surface area contributed by atoms with E-state index in [2.05, 4.69) is 15.6 Å². The maximum atomic E-state index is 13.6. The number of fused-ring (bicyclic) bond motifs is 1. The Morgan fingerprint density at radius 1 is 1.02 bits per heavy atom. The first-order valence-electron chi connectivity index (χ1n) is 14.1. The minimum atomic E-state index is -0.879. The zero-order valence-electron chi connectivity index (χ0n) is 23.5. The van der Waals surface area contributed by atoms with Crippen LogP contribution < -0.4 is 10.6 Å². The van der Waals surface area contributed by atoms with Crippen LogP contribution in [0.5, 0.6) is 0 Å². The van der Waals surface area contributed by atoms with E-state index in [4.69, 9.17) is 4.74 Å². The molecule has 2 aliphatic heterocycles. The molecule has 4 amide bonds. The average molecular weight is 552 g/mol. The summed E-state index contributed by atoms with van der Waals surface area (Å²) in [7, 11) is 0. The molecule has 1 aromatic carbocycles. The van der Waals surface area contributed by atoms with Crippen molar-refractivity contribution in [2.45, 2.75) is 89.4 Å². The lowest BCUT2D eigenvalue weighted by atomic mass is 9.87. The van der Waals surface area contributed by atoms with E-state index >= 15 is 0 Å². The molecule has 0 radical (unpaired) electrons. The number of pyridine rings is 1. The van der Waals surface area contributed by atoms with Crippen LogP contribution >= 0.6 is 0 Å². The summed E-state index contributed by atoms with van der Waals surface area (Å²) in [5.74, 6) is -0.0992. The molecule has 3 aliphatic rings. The number of likely N-dealkylation sites (tertiary alicyclic amines) is 1. The van der Waals surface area contributed by atoms with E-state index in [1.165, 1.54) is 17.8 Å². The van der Waals surface area contributed by atoms with Gasteiger partial charge in [-0.15, -0.1) is 0 Å². The number of carbonyl (C=O) groups excluding carboxylic acids is 3. The molecule has 5 rings (SSSR count). The van der Waals surface area contributed by atoms with Crippen LogP contribution in [0.2, 0.25) is 0 Å². The number of halogens is 1. The normalized spacial score (nSPS) is 18.8. The molecule has 214 valence electrons. The van der Waals surface area contributed by atoms with Crippen LogP contribution in [-0.2, 0) is 22.6 Å². The predicted octanol–water partition coefficient (Wildman–Crippen LogP) is 5.31. The summed E-state index contributed by atoms with van der Waals surface area (Å²) < 4.78 is 18.9. The minimum absolute atomic E-state index is 0.00521. The fourth-order valence-electron chi connectivity index (χ4n) is 6.00. The summed E-state index contributed by atoms with van der Waals surface area (Å²) in [5, 5.41) is 5.85. The second kappa shape index (κ2) is 11.1. The molecule has 2 N–H and O–H groups in total. The molecule has 1 saturated carbocycles. The zero-order valence-corrected chi connectivity index (χ0v) is 23.5. The number of aromatic nitrogens is 1. The third-order valence-corrected chi connectivity index (χ3v) is 8.04. The highest BCUT2D eigenvalue weighted by Gasteiger charge is 2.46. The van der Waals surface area contributed by atoms with Crippen molar-refractivity contribution in [2.75, 3.05) is 18.4 Å². The minimum Gasteiger partial charge on any atom is -0.444 e. The molecule has 1 aliphatic carbocycles. The first kappa shape index (κ1) is 27.9. The molecule has 3 heterocycles. The standard InChI is InChI=1S/C30H38FN5O4/c1-29(2,3)40-28(39)34-30(12-4-5-13-30)26(37)35-14-10-21(11-15-35)20-6-8-24(9-7-20)33-27(38)36-18-22-16-23(31)17-32-25(22)19-36/h6-9,16-17,21H,4-5,10-15,18-19H2,1-3H3,(H,33,38)(H,34,39). The van der Waals surface area contributed by atoms with Gasteiger partial charge in [0.25, 0.3) is 0 Å². The number of carbonyl (C=O) groups is 3. The van der Waals surface area contributed by atoms with Crippen LogP contribution in [0.3, 0.4) is 0 Å². The van der Waals surface area contributed by atoms with Gasteiger partial charge in [-0.1, -0.05) is 25.0 Å². The molecule has 0 atom stereocenters. The summed E-state index contributed by atoms with van der Waals surface area (Å²) in [5.41, 5.74) is 1.80. The summed E-state index contributed by atoms with van der Waals surface area (Å²) in [6.07, 6.45) is 5.37. The van der Waals surface area contributed by atoms with Crippen molar-refractivity contribution in [3.63, 3.8) is 0 Å². The van der Waals surface area contributed by atoms with Crippen molar-refractivity contribution < 1.29 is 23.5 Å². The molecule has 0 unspecified atom stereocenters. The lowest BCUT2D eigenvalue weighted by Crippen LogP contribution is -2.59. The fourth-order valence-corrected chi connectivity index (χ4v) is 6.00. The van der Waals surface area contributed by atoms with Gasteiger partial charge in [0, 0.05) is 25.3 Å². The van der Waals surface area contributed by atoms with Crippen LogP contribution in [-0.4, -0.2) is 57.0 Å². The Morgan fingerprint density at radius 2 is 1.70 bits per heavy atom. The highest BCUT2D eigenvalue weighted by atomic mass is 19.1. The van der Waals surface area contributed by atoms with Gasteiger partial charge in [-0.3, -0.25) is 9.78 Å². The van der Waals surface area contributed by atoms with E-state index < -0.39 is 23.1 Å². The second-order valence-corrected chi connectivity index (χ2v) is 12.2. The van der Waals surface area contributed by atoms with Crippen LogP contribution in [0, 0.1) is 5.82 Å². The van der Waals surface area contributed by atoms with E-state index in [1.54, 1.807) is 4.90 Å². The highest BCUT2D eigenvalue weighted by molar-refractivity contribution is 5.91. The molecule has 2 fully saturated rings. The molecule has 9 nitrogen and oxygen atoms in total. The summed E-state index contributed by atoms with van der Waals surface area (Å²) in [6, 6.07) is 9.01. The smallest absolute Gasteiger partial charge is 0.408 e. The second-order valence-electron chi connectivity index (χ2n) is 12.2. The Balaban J connectivity index is 1.13. The van der Waals surface area contributed by atoms with Crippen molar-refractivity contribution in [3.8, 4) is 0 Å². The van der Waals surface area contributed by atoms with E-state index in [9.17, 15) is 18.8 Å². The fraction of sp³-hybridized carbons (Fsp3) is 0.533. The number of anilines is 1. The zero-order chi connectivity index (χ0) is 28.5. The SMILES string of the molecule is CC(C)(C)OC(=O)NC1(C(=O)N2CCC(c3ccc(NC(=O)N4Cc5cc(F)cnc5C4)cc3)CC2)CCCC1. The number of urea groups is 1. The molecule has 40 heavy (non-hydrogen) atoms. The van der Waals surface area contributed by atoms with Gasteiger partial charge in [-0.2, -0.15) is 0 Å². The van der Waals surface area contributed by atoms with Gasteiger partial charge in [-0.05, 0) is 81.7 Å². The largest absolute Gasteiger partial charge is 0.444 e. The Kier molecular flexibility index (Phi) is 7.70. The van der Waals surface area contributed by atoms with Gasteiger partial charge in [0.05, 0.1) is 18.4 Å². The third-order valence-electron chi connectivity index (χ3n) is 8.04. The van der Waals surface area contributed by atoms with Crippen LogP contribution in [0.4, 0.5) is 19.7 Å². The number of alkyl carbamates (subject to hydrolysis) is 1.